The van der Waals surface area contributed by atoms with Gasteiger partial charge in [0.1, 0.15) is 22.8 Å². The van der Waals surface area contributed by atoms with E-state index in [-0.39, 0.29) is 58.6 Å². The third-order valence-electron chi connectivity index (χ3n) is 19.5. The fraction of sp³-hybridized carbons (Fsp3) is 0.818. The van der Waals surface area contributed by atoms with E-state index in [0.717, 1.165) is 77.0 Å². The predicted octanol–water partition coefficient (Wildman–Crippen LogP) is 5.40. The molecule has 12 fully saturated rings. The lowest BCUT2D eigenvalue weighted by molar-refractivity contribution is -0.374. The second kappa shape index (κ2) is 10.1. The zero-order valence-electron chi connectivity index (χ0n) is 32.4. The molecule has 8 bridgehead atoms. The SMILES string of the molecule is CO[C@@]12CC[C@]3(C)[C@@H](CC=C4[C@@]3(O1)C(=O)C[C@]13C(=O)CC[C@H]1CC[C@]43O)C2.CO[C@@]12CC[C@]3(C)[C@@H](CC=C4[C@@]3(O1)C(=O)C[C@]13C(=O)CC[C@H]1CC[C@]43O)C2. The maximum Gasteiger partial charge on any atom is 0.170 e. The van der Waals surface area contributed by atoms with Crippen LogP contribution in [-0.4, -0.2) is 81.5 Å². The van der Waals surface area contributed by atoms with Gasteiger partial charge < -0.3 is 29.2 Å². The highest BCUT2D eigenvalue weighted by atomic mass is 16.7. The number of carbonyl (C=O) groups is 4. The summed E-state index contributed by atoms with van der Waals surface area (Å²) in [5.74, 6) is -0.421. The molecule has 2 N–H and O–H groups in total. The highest BCUT2D eigenvalue weighted by Gasteiger charge is 2.83. The summed E-state index contributed by atoms with van der Waals surface area (Å²) in [6.07, 6.45) is 16.3. The minimum Gasteiger partial charge on any atom is -0.384 e. The van der Waals surface area contributed by atoms with Gasteiger partial charge in [-0.1, -0.05) is 26.0 Å². The van der Waals surface area contributed by atoms with Gasteiger partial charge in [-0.3, -0.25) is 19.2 Å². The molecular weight excluding hydrogens is 688 g/mol. The van der Waals surface area contributed by atoms with Crippen LogP contribution in [-0.2, 0) is 38.1 Å². The van der Waals surface area contributed by atoms with Crippen LogP contribution in [0.3, 0.4) is 0 Å². The van der Waals surface area contributed by atoms with Crippen molar-refractivity contribution in [3.05, 3.63) is 23.3 Å². The van der Waals surface area contributed by atoms with Gasteiger partial charge in [-0.25, -0.2) is 0 Å². The highest BCUT2D eigenvalue weighted by Crippen LogP contribution is 2.76. The van der Waals surface area contributed by atoms with Crippen LogP contribution in [0.15, 0.2) is 23.3 Å². The highest BCUT2D eigenvalue weighted by molar-refractivity contribution is 6.04. The van der Waals surface area contributed by atoms with Gasteiger partial charge in [0.25, 0.3) is 0 Å². The maximum atomic E-state index is 13.9. The van der Waals surface area contributed by atoms with Gasteiger partial charge in [-0.05, 0) is 99.0 Å². The van der Waals surface area contributed by atoms with E-state index in [2.05, 4.69) is 26.0 Å². The van der Waals surface area contributed by atoms with E-state index in [1.54, 1.807) is 14.2 Å². The molecule has 54 heavy (non-hydrogen) atoms. The summed E-state index contributed by atoms with van der Waals surface area (Å²) in [5, 5.41) is 24.2. The third kappa shape index (κ3) is 3.31. The molecule has 0 unspecified atom stereocenters. The number of hydrogen-bond donors (Lipinski definition) is 2. The van der Waals surface area contributed by atoms with Crippen LogP contribution in [0.2, 0.25) is 0 Å². The molecule has 8 saturated carbocycles. The van der Waals surface area contributed by atoms with Gasteiger partial charge in [0, 0.05) is 76.4 Å². The molecular formula is C44H56O10. The van der Waals surface area contributed by atoms with Gasteiger partial charge in [-0.15, -0.1) is 0 Å². The molecule has 0 aromatic carbocycles. The molecule has 14 rings (SSSR count). The molecule has 10 aliphatic carbocycles. The zero-order valence-corrected chi connectivity index (χ0v) is 32.4. The molecule has 10 nitrogen and oxygen atoms in total. The fourth-order valence-electron chi connectivity index (χ4n) is 16.7. The van der Waals surface area contributed by atoms with Gasteiger partial charge in [0.15, 0.2) is 34.3 Å². The Bertz CT molecular complexity index is 1770. The predicted molar refractivity (Wildman–Crippen MR) is 191 cm³/mol. The first-order valence-corrected chi connectivity index (χ1v) is 21.1. The van der Waals surface area contributed by atoms with Crippen LogP contribution in [0.25, 0.3) is 0 Å². The van der Waals surface area contributed by atoms with Crippen molar-refractivity contribution in [2.24, 2.45) is 45.3 Å². The number of hydrogen-bond acceptors (Lipinski definition) is 10. The number of rotatable bonds is 2. The molecule has 0 aromatic heterocycles. The van der Waals surface area contributed by atoms with E-state index in [0.29, 0.717) is 48.7 Å². The molecule has 0 amide bonds. The molecule has 4 saturated heterocycles. The molecule has 4 aliphatic heterocycles. The first-order valence-electron chi connectivity index (χ1n) is 21.1. The molecule has 292 valence electrons. The quantitative estimate of drug-likeness (QED) is 0.353. The number of ether oxygens (including phenoxy) is 4. The maximum absolute atomic E-state index is 13.9. The normalized spacial score (nSPS) is 58.0. The van der Waals surface area contributed by atoms with Crippen LogP contribution in [0.4, 0.5) is 0 Å². The largest absolute Gasteiger partial charge is 0.384 e. The Morgan fingerprint density at radius 1 is 0.574 bits per heavy atom. The average Bonchev–Trinajstić information content (AvgIpc) is 3.83. The number of carbonyl (C=O) groups excluding carboxylic acids is 4. The lowest BCUT2D eigenvalue weighted by atomic mass is 9.42. The van der Waals surface area contributed by atoms with Crippen LogP contribution in [0, 0.1) is 45.3 Å². The third-order valence-corrected chi connectivity index (χ3v) is 19.5. The van der Waals surface area contributed by atoms with E-state index >= 15 is 0 Å². The van der Waals surface area contributed by atoms with Crippen molar-refractivity contribution >= 4 is 23.1 Å². The number of allylic oxidation sites excluding steroid dienone is 2. The Hall–Kier alpha value is -2.08. The van der Waals surface area contributed by atoms with Crippen molar-refractivity contribution in [3.63, 3.8) is 0 Å². The molecule has 0 aromatic rings. The van der Waals surface area contributed by atoms with Gasteiger partial charge in [0.2, 0.25) is 0 Å². The Kier molecular flexibility index (Phi) is 6.59. The zero-order chi connectivity index (χ0) is 37.7. The standard InChI is InChI=1S/2C22H28O5/c2*1-18-9-10-19(26-2)11-14(18)3-5-15-21(25)8-7-13-4-6-16(23)20(13,21)12-17(24)22(15,18)27-19/h2*5,13-14,25H,3-4,6-12H2,1-2H3/t2*13-,14-,18+,19-,20+,21-,22+/m00/s1. The lowest BCUT2D eigenvalue weighted by Gasteiger charge is -2.70. The summed E-state index contributed by atoms with van der Waals surface area (Å²) in [7, 11) is 3.33. The monoisotopic (exact) mass is 744 g/mol. The van der Waals surface area contributed by atoms with E-state index in [1.807, 2.05) is 0 Å². The van der Waals surface area contributed by atoms with Crippen LogP contribution in [0.5, 0.6) is 0 Å². The fourth-order valence-corrected chi connectivity index (χ4v) is 16.7. The summed E-state index contributed by atoms with van der Waals surface area (Å²) < 4.78 is 25.0. The molecule has 4 heterocycles. The summed E-state index contributed by atoms with van der Waals surface area (Å²) in [5.41, 5.74) is -5.78. The number of ketones is 4. The van der Waals surface area contributed by atoms with Crippen molar-refractivity contribution in [1.82, 2.24) is 0 Å². The molecule has 4 spiro atoms. The molecule has 0 radical (unpaired) electrons. The first-order chi connectivity index (χ1) is 25.6. The van der Waals surface area contributed by atoms with E-state index in [4.69, 9.17) is 18.9 Å². The molecule has 10 heteroatoms. The van der Waals surface area contributed by atoms with Crippen molar-refractivity contribution in [3.8, 4) is 0 Å². The summed E-state index contributed by atoms with van der Waals surface area (Å²) >= 11 is 0. The molecule has 14 aliphatic rings. The summed E-state index contributed by atoms with van der Waals surface area (Å²) in [6.45, 7) is 4.34. The van der Waals surface area contributed by atoms with Crippen LogP contribution < -0.4 is 0 Å². The van der Waals surface area contributed by atoms with Crippen molar-refractivity contribution in [2.45, 2.75) is 163 Å². The minimum absolute atomic E-state index is 0.00796. The first kappa shape index (κ1) is 35.1. The van der Waals surface area contributed by atoms with Crippen LogP contribution in [0.1, 0.15) is 129 Å². The number of Topliss-reactive ketones (excluding diaryl/α,β-unsaturated/α-hetero) is 4. The summed E-state index contributed by atoms with van der Waals surface area (Å²) in [4.78, 5) is 53.9. The van der Waals surface area contributed by atoms with Gasteiger partial charge >= 0.3 is 0 Å². The van der Waals surface area contributed by atoms with Crippen molar-refractivity contribution < 1.29 is 48.3 Å². The van der Waals surface area contributed by atoms with Gasteiger partial charge in [0.05, 0.1) is 10.8 Å². The average molecular weight is 745 g/mol. The van der Waals surface area contributed by atoms with Crippen molar-refractivity contribution in [2.75, 3.05) is 14.2 Å². The van der Waals surface area contributed by atoms with Crippen LogP contribution >= 0.6 is 0 Å². The second-order valence-corrected chi connectivity index (χ2v) is 20.4. The Balaban J connectivity index is 0.000000126. The lowest BCUT2D eigenvalue weighted by Crippen LogP contribution is -2.78. The molecule has 14 atom stereocenters. The second-order valence-electron chi connectivity index (χ2n) is 20.4. The smallest absolute Gasteiger partial charge is 0.170 e. The Morgan fingerprint density at radius 3 is 1.37 bits per heavy atom. The topological polar surface area (TPSA) is 146 Å². The van der Waals surface area contributed by atoms with E-state index < -0.39 is 44.8 Å². The number of fused-ring (bicyclic) bond motifs is 4. The van der Waals surface area contributed by atoms with E-state index in [1.165, 1.54) is 0 Å². The minimum atomic E-state index is -1.24. The van der Waals surface area contributed by atoms with Gasteiger partial charge in [-0.2, -0.15) is 0 Å². The van der Waals surface area contributed by atoms with E-state index in [9.17, 15) is 29.4 Å². The summed E-state index contributed by atoms with van der Waals surface area (Å²) in [6, 6.07) is 0. The Labute approximate surface area is 317 Å². The number of methoxy groups -OCH3 is 2. The Morgan fingerprint density at radius 2 is 0.981 bits per heavy atom. The van der Waals surface area contributed by atoms with Crippen molar-refractivity contribution in [1.29, 1.82) is 0 Å². The number of aliphatic hydroxyl groups is 2.